The first-order valence-corrected chi connectivity index (χ1v) is 12.3. The van der Waals surface area contributed by atoms with Crippen LogP contribution in [-0.2, 0) is 19.0 Å². The number of ether oxygens (including phenoxy) is 3. The molecular weight excluding hydrogens is 468 g/mol. The normalized spacial score (nSPS) is 14.4. The van der Waals surface area contributed by atoms with E-state index in [4.69, 9.17) is 25.8 Å². The summed E-state index contributed by atoms with van der Waals surface area (Å²) in [5.41, 5.74) is 0.0375. The fourth-order valence-corrected chi connectivity index (χ4v) is 4.68. The number of halogens is 1. The third-order valence-electron chi connectivity index (χ3n) is 4.82. The van der Waals surface area contributed by atoms with E-state index in [2.05, 4.69) is 14.9 Å². The van der Waals surface area contributed by atoms with E-state index in [0.29, 0.717) is 69.2 Å². The van der Waals surface area contributed by atoms with Gasteiger partial charge in [0.25, 0.3) is 0 Å². The molecule has 0 radical (unpaired) electrons. The average Bonchev–Trinajstić information content (AvgIpc) is 3.15. The number of thiophene rings is 1. The Morgan fingerprint density at radius 3 is 2.64 bits per heavy atom. The second kappa shape index (κ2) is 11.3. The summed E-state index contributed by atoms with van der Waals surface area (Å²) < 4.78 is 16.9. The summed E-state index contributed by atoms with van der Waals surface area (Å²) in [5, 5.41) is 0.855. The summed E-state index contributed by atoms with van der Waals surface area (Å²) >= 11 is 7.64. The van der Waals surface area contributed by atoms with E-state index in [9.17, 15) is 9.59 Å². The van der Waals surface area contributed by atoms with E-state index in [1.165, 1.54) is 11.3 Å². The molecule has 3 heterocycles. The molecule has 0 aromatic carbocycles. The van der Waals surface area contributed by atoms with Crippen LogP contribution < -0.4 is 9.80 Å². The number of anilines is 2. The summed E-state index contributed by atoms with van der Waals surface area (Å²) in [6.45, 7) is 10.7. The highest BCUT2D eigenvalue weighted by molar-refractivity contribution is 7.23. The van der Waals surface area contributed by atoms with Gasteiger partial charge in [-0.3, -0.25) is 9.69 Å². The molecule has 11 heteroatoms. The first-order chi connectivity index (χ1) is 15.7. The lowest BCUT2D eigenvalue weighted by molar-refractivity contribution is -0.143. The largest absolute Gasteiger partial charge is 0.466 e. The minimum Gasteiger partial charge on any atom is -0.466 e. The Balaban J connectivity index is 1.86. The number of esters is 1. The molecule has 9 nitrogen and oxygen atoms in total. The number of rotatable bonds is 8. The van der Waals surface area contributed by atoms with Crippen molar-refractivity contribution in [2.24, 2.45) is 0 Å². The van der Waals surface area contributed by atoms with Gasteiger partial charge in [-0.2, -0.15) is 4.98 Å². The van der Waals surface area contributed by atoms with E-state index in [-0.39, 0.29) is 11.3 Å². The minimum atomic E-state index is -0.640. The second-order valence-electron chi connectivity index (χ2n) is 8.61. The summed E-state index contributed by atoms with van der Waals surface area (Å²) in [4.78, 5) is 37.3. The standard InChI is InChI=1S/C22H31ClN4O5S/c1-5-31-17(28)8-6-7-9-27(21(29)32-22(2,3)4)16-14-15-18(33-16)19(25-20(23)24-15)26-10-12-30-13-11-26/h14H,5-13H2,1-4H3. The van der Waals surface area contributed by atoms with Gasteiger partial charge in [-0.05, 0) is 58.2 Å². The molecule has 0 aliphatic carbocycles. The van der Waals surface area contributed by atoms with Crippen molar-refractivity contribution in [3.05, 3.63) is 11.3 Å². The molecule has 0 bridgehead atoms. The van der Waals surface area contributed by atoms with Gasteiger partial charge in [0.15, 0.2) is 5.82 Å². The number of carbonyl (C=O) groups is 2. The lowest BCUT2D eigenvalue weighted by atomic mass is 10.2. The number of morpholine rings is 1. The Hall–Kier alpha value is -2.17. The highest BCUT2D eigenvalue weighted by atomic mass is 35.5. The maximum absolute atomic E-state index is 13.0. The first kappa shape index (κ1) is 25.5. The zero-order chi connectivity index (χ0) is 24.0. The molecule has 0 atom stereocenters. The van der Waals surface area contributed by atoms with Crippen molar-refractivity contribution in [1.82, 2.24) is 9.97 Å². The zero-order valence-electron chi connectivity index (χ0n) is 19.6. The number of aromatic nitrogens is 2. The van der Waals surface area contributed by atoms with E-state index in [0.717, 1.165) is 10.5 Å². The molecule has 0 spiro atoms. The van der Waals surface area contributed by atoms with Crippen LogP contribution in [0.5, 0.6) is 0 Å². The number of fused-ring (bicyclic) bond motifs is 1. The lowest BCUT2D eigenvalue weighted by Gasteiger charge is -2.28. The quantitative estimate of drug-likeness (QED) is 0.295. The number of hydrogen-bond acceptors (Lipinski definition) is 9. The average molecular weight is 499 g/mol. The highest BCUT2D eigenvalue weighted by Crippen LogP contribution is 2.38. The van der Waals surface area contributed by atoms with Crippen molar-refractivity contribution in [2.45, 2.75) is 52.6 Å². The Kier molecular flexibility index (Phi) is 8.72. The van der Waals surface area contributed by atoms with Crippen molar-refractivity contribution in [3.8, 4) is 0 Å². The third kappa shape index (κ3) is 7.15. The molecule has 0 unspecified atom stereocenters. The summed E-state index contributed by atoms with van der Waals surface area (Å²) in [5.74, 6) is 0.513. The molecule has 0 saturated carbocycles. The summed E-state index contributed by atoms with van der Waals surface area (Å²) in [7, 11) is 0. The van der Waals surface area contributed by atoms with Crippen LogP contribution in [0.15, 0.2) is 6.07 Å². The fraction of sp³-hybridized carbons (Fsp3) is 0.636. The van der Waals surface area contributed by atoms with Crippen LogP contribution in [0.3, 0.4) is 0 Å². The van der Waals surface area contributed by atoms with Crippen molar-refractivity contribution in [3.63, 3.8) is 0 Å². The molecule has 3 rings (SSSR count). The Morgan fingerprint density at radius 1 is 1.24 bits per heavy atom. The molecular formula is C22H31ClN4O5S. The van der Waals surface area contributed by atoms with Crippen LogP contribution in [0.1, 0.15) is 47.0 Å². The van der Waals surface area contributed by atoms with Crippen LogP contribution in [0.25, 0.3) is 10.2 Å². The molecule has 1 aliphatic heterocycles. The monoisotopic (exact) mass is 498 g/mol. The van der Waals surface area contributed by atoms with Crippen LogP contribution >= 0.6 is 22.9 Å². The van der Waals surface area contributed by atoms with E-state index >= 15 is 0 Å². The summed E-state index contributed by atoms with van der Waals surface area (Å²) in [6.07, 6.45) is 1.09. The Labute approximate surface area is 203 Å². The van der Waals surface area contributed by atoms with Gasteiger partial charge in [0, 0.05) is 26.1 Å². The van der Waals surface area contributed by atoms with E-state index < -0.39 is 11.7 Å². The van der Waals surface area contributed by atoms with Gasteiger partial charge >= 0.3 is 12.1 Å². The van der Waals surface area contributed by atoms with E-state index in [1.807, 2.05) is 26.8 Å². The van der Waals surface area contributed by atoms with Crippen molar-refractivity contribution >= 4 is 56.0 Å². The summed E-state index contributed by atoms with van der Waals surface area (Å²) in [6, 6.07) is 1.84. The van der Waals surface area contributed by atoms with Gasteiger partial charge in [-0.1, -0.05) is 0 Å². The van der Waals surface area contributed by atoms with Crippen LogP contribution in [0.4, 0.5) is 15.6 Å². The Bertz CT molecular complexity index is 972. The molecule has 1 fully saturated rings. The SMILES string of the molecule is CCOC(=O)CCCCN(C(=O)OC(C)(C)C)c1cc2nc(Cl)nc(N3CCOCC3)c2s1. The van der Waals surface area contributed by atoms with Crippen molar-refractivity contribution in [1.29, 1.82) is 0 Å². The van der Waals surface area contributed by atoms with Gasteiger partial charge in [0.2, 0.25) is 5.28 Å². The smallest absolute Gasteiger partial charge is 0.415 e. The topological polar surface area (TPSA) is 94.1 Å². The molecule has 1 amide bonds. The van der Waals surface area contributed by atoms with Gasteiger partial charge in [0.05, 0.1) is 30.0 Å². The number of nitrogens with zero attached hydrogens (tertiary/aromatic N) is 4. The van der Waals surface area contributed by atoms with Gasteiger partial charge in [-0.15, -0.1) is 11.3 Å². The molecule has 182 valence electrons. The second-order valence-corrected chi connectivity index (χ2v) is 9.98. The maximum atomic E-state index is 13.0. The number of hydrogen-bond donors (Lipinski definition) is 0. The molecule has 2 aromatic heterocycles. The third-order valence-corrected chi connectivity index (χ3v) is 6.13. The number of unbranched alkanes of at least 4 members (excludes halogenated alkanes) is 1. The number of carbonyl (C=O) groups excluding carboxylic acids is 2. The van der Waals surface area contributed by atoms with Crippen molar-refractivity contribution in [2.75, 3.05) is 49.3 Å². The predicted octanol–water partition coefficient (Wildman–Crippen LogP) is 4.66. The molecule has 2 aromatic rings. The van der Waals surface area contributed by atoms with Gasteiger partial charge in [0.1, 0.15) is 10.6 Å². The predicted molar refractivity (Wildman–Crippen MR) is 130 cm³/mol. The van der Waals surface area contributed by atoms with Crippen LogP contribution in [0, 0.1) is 0 Å². The first-order valence-electron chi connectivity index (χ1n) is 11.1. The minimum absolute atomic E-state index is 0.159. The van der Waals surface area contributed by atoms with E-state index in [1.54, 1.807) is 11.8 Å². The zero-order valence-corrected chi connectivity index (χ0v) is 21.1. The number of amides is 1. The molecule has 0 N–H and O–H groups in total. The molecule has 1 aliphatic rings. The Morgan fingerprint density at radius 2 is 1.97 bits per heavy atom. The lowest BCUT2D eigenvalue weighted by Crippen LogP contribution is -2.37. The molecule has 33 heavy (non-hydrogen) atoms. The maximum Gasteiger partial charge on any atom is 0.415 e. The van der Waals surface area contributed by atoms with Crippen LogP contribution in [0.2, 0.25) is 5.28 Å². The van der Waals surface area contributed by atoms with Gasteiger partial charge < -0.3 is 19.1 Å². The molecule has 1 saturated heterocycles. The highest BCUT2D eigenvalue weighted by Gasteiger charge is 2.27. The van der Waals surface area contributed by atoms with Crippen molar-refractivity contribution < 1.29 is 23.8 Å². The fourth-order valence-electron chi connectivity index (χ4n) is 3.38. The van der Waals surface area contributed by atoms with Gasteiger partial charge in [-0.25, -0.2) is 9.78 Å². The van der Waals surface area contributed by atoms with Crippen LogP contribution in [-0.4, -0.2) is 67.1 Å².